The van der Waals surface area contributed by atoms with Crippen LogP contribution in [-0.4, -0.2) is 30.6 Å². The molecule has 5 rings (SSSR count). The van der Waals surface area contributed by atoms with Gasteiger partial charge in [0.05, 0.1) is 18.7 Å². The Kier molecular flexibility index (Phi) is 5.46. The maximum atomic E-state index is 12.3. The second-order valence-electron chi connectivity index (χ2n) is 8.27. The number of benzene rings is 1. The number of rotatable bonds is 7. The molecule has 1 N–H and O–H groups in total. The molecule has 3 heterocycles. The molecule has 1 aliphatic carbocycles. The van der Waals surface area contributed by atoms with Gasteiger partial charge in [0.25, 0.3) is 0 Å². The lowest BCUT2D eigenvalue weighted by Gasteiger charge is -2.06. The molecule has 1 fully saturated rings. The number of carbonyl (C=O) groups excluding carboxylic acids is 1. The number of carbonyl (C=O) groups is 1. The highest BCUT2D eigenvalue weighted by molar-refractivity contribution is 5.91. The van der Waals surface area contributed by atoms with Crippen LogP contribution >= 0.6 is 0 Å². The smallest absolute Gasteiger partial charge is 0.229 e. The van der Waals surface area contributed by atoms with Gasteiger partial charge in [0.15, 0.2) is 0 Å². The van der Waals surface area contributed by atoms with Gasteiger partial charge in [0, 0.05) is 36.8 Å². The second kappa shape index (κ2) is 8.70. The topological polar surface area (TPSA) is 85.6 Å². The number of nitrogens with one attached hydrogen (secondary N) is 1. The Labute approximate surface area is 186 Å². The van der Waals surface area contributed by atoms with Crippen molar-refractivity contribution in [3.8, 4) is 11.1 Å². The fourth-order valence-corrected chi connectivity index (χ4v) is 3.51. The van der Waals surface area contributed by atoms with Gasteiger partial charge in [-0.3, -0.25) is 9.48 Å². The summed E-state index contributed by atoms with van der Waals surface area (Å²) < 4.78 is 2.04. The normalized spacial score (nSPS) is 13.2. The largest absolute Gasteiger partial charge is 0.310 e. The Balaban J connectivity index is 1.18. The Morgan fingerprint density at radius 3 is 2.41 bits per heavy atom. The van der Waals surface area contributed by atoms with Gasteiger partial charge in [-0.1, -0.05) is 30.3 Å². The summed E-state index contributed by atoms with van der Waals surface area (Å²) in [5.74, 6) is 1.25. The fraction of sp³-hybridized carbons (Fsp3) is 0.240. The minimum Gasteiger partial charge on any atom is -0.310 e. The molecular weight excluding hydrogens is 400 g/mol. The summed E-state index contributed by atoms with van der Waals surface area (Å²) in [5.41, 5.74) is 5.08. The van der Waals surface area contributed by atoms with Gasteiger partial charge in [-0.15, -0.1) is 0 Å². The molecule has 0 spiro atoms. The molecule has 32 heavy (non-hydrogen) atoms. The van der Waals surface area contributed by atoms with Crippen molar-refractivity contribution < 1.29 is 4.79 Å². The number of aryl methyl sites for hydroxylation is 1. The molecule has 0 aliphatic heterocycles. The molecule has 1 aromatic carbocycles. The number of nitrogens with zero attached hydrogens (tertiary/aromatic N) is 5. The fourth-order valence-electron chi connectivity index (χ4n) is 3.51. The van der Waals surface area contributed by atoms with Gasteiger partial charge >= 0.3 is 0 Å². The van der Waals surface area contributed by atoms with E-state index in [1.165, 1.54) is 12.8 Å². The summed E-state index contributed by atoms with van der Waals surface area (Å²) in [4.78, 5) is 25.5. The Morgan fingerprint density at radius 2 is 1.72 bits per heavy atom. The predicted octanol–water partition coefficient (Wildman–Crippen LogP) is 4.15. The maximum Gasteiger partial charge on any atom is 0.229 e. The van der Waals surface area contributed by atoms with Crippen molar-refractivity contribution in [2.75, 3.05) is 5.32 Å². The zero-order valence-corrected chi connectivity index (χ0v) is 17.9. The van der Waals surface area contributed by atoms with Gasteiger partial charge in [-0.25, -0.2) is 15.0 Å². The van der Waals surface area contributed by atoms with E-state index in [0.717, 1.165) is 33.6 Å². The minimum atomic E-state index is -0.0909. The van der Waals surface area contributed by atoms with E-state index in [1.54, 1.807) is 12.3 Å². The first-order valence-corrected chi connectivity index (χ1v) is 10.8. The SMILES string of the molecule is Cc1ccc(NC(=O)Cc2ccc(-c3cnc(Cc4cnn(C5CC5)c4)nc3)cc2)nc1. The molecule has 0 radical (unpaired) electrons. The van der Waals surface area contributed by atoms with E-state index >= 15 is 0 Å². The lowest BCUT2D eigenvalue weighted by molar-refractivity contribution is -0.115. The van der Waals surface area contributed by atoms with Crippen molar-refractivity contribution in [3.63, 3.8) is 0 Å². The molecule has 0 bridgehead atoms. The van der Waals surface area contributed by atoms with Gasteiger partial charge < -0.3 is 5.32 Å². The van der Waals surface area contributed by atoms with E-state index < -0.39 is 0 Å². The first kappa shape index (κ1) is 20.1. The second-order valence-corrected chi connectivity index (χ2v) is 8.27. The summed E-state index contributed by atoms with van der Waals surface area (Å²) in [6.07, 6.45) is 12.8. The lowest BCUT2D eigenvalue weighted by atomic mass is 10.0. The van der Waals surface area contributed by atoms with Crippen LogP contribution in [0.15, 0.2) is 67.4 Å². The third-order valence-electron chi connectivity index (χ3n) is 5.47. The number of pyridine rings is 1. The van der Waals surface area contributed by atoms with Crippen LogP contribution in [0.3, 0.4) is 0 Å². The average molecular weight is 425 g/mol. The van der Waals surface area contributed by atoms with Crippen molar-refractivity contribution in [3.05, 3.63) is 89.9 Å². The summed E-state index contributed by atoms with van der Waals surface area (Å²) in [5, 5.41) is 7.25. The summed E-state index contributed by atoms with van der Waals surface area (Å²) in [6.45, 7) is 1.96. The van der Waals surface area contributed by atoms with E-state index in [0.29, 0.717) is 24.7 Å². The van der Waals surface area contributed by atoms with Crippen LogP contribution in [-0.2, 0) is 17.6 Å². The predicted molar refractivity (Wildman–Crippen MR) is 122 cm³/mol. The van der Waals surface area contributed by atoms with Crippen molar-refractivity contribution in [1.29, 1.82) is 0 Å². The van der Waals surface area contributed by atoms with Gasteiger partial charge in [-0.2, -0.15) is 5.10 Å². The number of hydrogen-bond acceptors (Lipinski definition) is 5. The average Bonchev–Trinajstić information content (AvgIpc) is 3.55. The Morgan fingerprint density at radius 1 is 0.938 bits per heavy atom. The molecule has 1 amide bonds. The van der Waals surface area contributed by atoms with Gasteiger partial charge in [0.1, 0.15) is 11.6 Å². The van der Waals surface area contributed by atoms with Crippen LogP contribution in [0.5, 0.6) is 0 Å². The third kappa shape index (κ3) is 4.88. The first-order chi connectivity index (χ1) is 15.6. The van der Waals surface area contributed by atoms with Crippen molar-refractivity contribution in [2.24, 2.45) is 0 Å². The van der Waals surface area contributed by atoms with E-state index in [1.807, 2.05) is 60.5 Å². The molecule has 1 aliphatic rings. The zero-order valence-electron chi connectivity index (χ0n) is 17.9. The molecule has 7 nitrogen and oxygen atoms in total. The molecule has 0 unspecified atom stereocenters. The monoisotopic (exact) mass is 424 g/mol. The molecular formula is C25H24N6O. The molecule has 160 valence electrons. The molecule has 0 atom stereocenters. The summed E-state index contributed by atoms with van der Waals surface area (Å²) in [7, 11) is 0. The van der Waals surface area contributed by atoms with E-state index in [-0.39, 0.29) is 5.91 Å². The number of anilines is 1. The summed E-state index contributed by atoms with van der Waals surface area (Å²) in [6, 6.07) is 12.2. The first-order valence-electron chi connectivity index (χ1n) is 10.8. The molecule has 3 aromatic heterocycles. The lowest BCUT2D eigenvalue weighted by Crippen LogP contribution is -2.15. The van der Waals surface area contributed by atoms with Crippen LogP contribution in [0.1, 0.15) is 41.4 Å². The highest BCUT2D eigenvalue weighted by Crippen LogP contribution is 2.34. The van der Waals surface area contributed by atoms with E-state index in [9.17, 15) is 4.79 Å². The van der Waals surface area contributed by atoms with Crippen molar-refractivity contribution in [2.45, 2.75) is 38.6 Å². The highest BCUT2D eigenvalue weighted by Gasteiger charge is 2.24. The maximum absolute atomic E-state index is 12.3. The van der Waals surface area contributed by atoms with Crippen LogP contribution in [0.2, 0.25) is 0 Å². The zero-order chi connectivity index (χ0) is 21.9. The third-order valence-corrected chi connectivity index (χ3v) is 5.47. The van der Waals surface area contributed by atoms with Crippen LogP contribution in [0.25, 0.3) is 11.1 Å². The van der Waals surface area contributed by atoms with E-state index in [2.05, 4.69) is 31.6 Å². The van der Waals surface area contributed by atoms with Crippen LogP contribution in [0, 0.1) is 6.92 Å². The van der Waals surface area contributed by atoms with E-state index in [4.69, 9.17) is 0 Å². The standard InChI is InChI=1S/C25H24N6O/c1-17-2-9-23(26-12-17)30-25(32)11-18-3-5-20(6-4-18)21-14-27-24(28-15-21)10-19-13-29-31(16-19)22-7-8-22/h2-6,9,12-16,22H,7-8,10-11H2,1H3,(H,26,30,32). The molecule has 7 heteroatoms. The van der Waals surface area contributed by atoms with Gasteiger partial charge in [-0.05, 0) is 48.1 Å². The van der Waals surface area contributed by atoms with Crippen molar-refractivity contribution in [1.82, 2.24) is 24.7 Å². The molecule has 1 saturated carbocycles. The molecule has 4 aromatic rings. The van der Waals surface area contributed by atoms with Gasteiger partial charge in [0.2, 0.25) is 5.91 Å². The van der Waals surface area contributed by atoms with Crippen LogP contribution < -0.4 is 5.32 Å². The van der Waals surface area contributed by atoms with Crippen LogP contribution in [0.4, 0.5) is 5.82 Å². The minimum absolute atomic E-state index is 0.0909. The Hall–Kier alpha value is -3.87. The number of aromatic nitrogens is 5. The Bertz CT molecular complexity index is 1210. The van der Waals surface area contributed by atoms with Crippen molar-refractivity contribution >= 4 is 11.7 Å². The highest BCUT2D eigenvalue weighted by atomic mass is 16.1. The quantitative estimate of drug-likeness (QED) is 0.482. The number of hydrogen-bond donors (Lipinski definition) is 1. The number of amides is 1. The molecule has 0 saturated heterocycles. The summed E-state index contributed by atoms with van der Waals surface area (Å²) >= 11 is 0.